The van der Waals surface area contributed by atoms with E-state index < -0.39 is 18.6 Å². The number of aliphatic hydroxyl groups is 1. The largest absolute Gasteiger partial charge is 0.487 e. The van der Waals surface area contributed by atoms with E-state index in [4.69, 9.17) is 4.74 Å². The smallest absolute Gasteiger partial charge is 0.299 e. The summed E-state index contributed by atoms with van der Waals surface area (Å²) in [6.07, 6.45) is 15.2. The van der Waals surface area contributed by atoms with Gasteiger partial charge < -0.3 is 14.6 Å². The second kappa shape index (κ2) is 19.9. The first-order valence-corrected chi connectivity index (χ1v) is 12.1. The molecule has 1 N–H and O–H groups in total. The van der Waals surface area contributed by atoms with Gasteiger partial charge in [-0.3, -0.25) is 0 Å². The number of hydrogen-bond acceptors (Lipinski definition) is 3. The van der Waals surface area contributed by atoms with E-state index in [2.05, 4.69) is 0 Å². The molecule has 1 saturated carbocycles. The molecule has 3 atom stereocenters. The molecular formula is C27H46F2O3. The number of Topliss-reactive ketones (excluding diaryl/α,β-unsaturated/α-hetero) is 1. The van der Waals surface area contributed by atoms with Crippen LogP contribution in [0, 0.1) is 11.8 Å². The molecule has 1 aliphatic carbocycles. The van der Waals surface area contributed by atoms with Gasteiger partial charge in [0.15, 0.2) is 6.61 Å². The first kappa shape index (κ1) is 32.4. The van der Waals surface area contributed by atoms with Crippen molar-refractivity contribution < 1.29 is 23.4 Å². The van der Waals surface area contributed by atoms with Crippen molar-refractivity contribution in [1.82, 2.24) is 0 Å². The predicted octanol–water partition coefficient (Wildman–Crippen LogP) is 7.82. The Morgan fingerprint density at radius 2 is 1.78 bits per heavy atom. The molecule has 0 aromatic heterocycles. The Balaban J connectivity index is 0. The SMILES string of the molecule is C/C=C\C(=C/C)OCC(F)(F)/C=C/C1CC[C@H](O)[C@@H]1C/C=C\CCCC(C)=O.CC.CC. The summed E-state index contributed by atoms with van der Waals surface area (Å²) in [5.74, 6) is -2.58. The van der Waals surface area contributed by atoms with E-state index in [0.29, 0.717) is 31.4 Å². The third-order valence-electron chi connectivity index (χ3n) is 4.95. The Bertz CT molecular complexity index is 592. The lowest BCUT2D eigenvalue weighted by Crippen LogP contribution is -2.22. The van der Waals surface area contributed by atoms with Gasteiger partial charge in [0, 0.05) is 6.42 Å². The second-order valence-corrected chi connectivity index (χ2v) is 7.37. The number of allylic oxidation sites excluding steroid dienone is 6. The van der Waals surface area contributed by atoms with Crippen molar-refractivity contribution in [2.45, 2.75) is 99.0 Å². The first-order chi connectivity index (χ1) is 15.3. The van der Waals surface area contributed by atoms with Crippen LogP contribution < -0.4 is 0 Å². The molecule has 5 heteroatoms. The summed E-state index contributed by atoms with van der Waals surface area (Å²) in [6, 6.07) is 0. The fourth-order valence-electron chi connectivity index (χ4n) is 3.37. The monoisotopic (exact) mass is 456 g/mol. The number of carbonyl (C=O) groups is 1. The number of aliphatic hydroxyl groups excluding tert-OH is 1. The molecule has 0 heterocycles. The normalized spacial score (nSPS) is 21.4. The standard InChI is InChI=1S/C23H34F2O3.2C2H6/c1-4-10-20(5-2)28-17-23(24,25)16-15-19-13-14-22(27)21(19)12-9-7-6-8-11-18(3)26;2*1-2/h4-5,7,9-10,15-16,19,21-22,27H,6,8,11-14,17H2,1-3H3;2*1-2H3/b9-7-,10-4-,16-15+,20-5+;;/t19?,21-,22+;;/m1../s1. The zero-order valence-corrected chi connectivity index (χ0v) is 21.2. The van der Waals surface area contributed by atoms with Crippen molar-refractivity contribution in [3.8, 4) is 0 Å². The minimum Gasteiger partial charge on any atom is -0.487 e. The quantitative estimate of drug-likeness (QED) is 0.141. The van der Waals surface area contributed by atoms with Gasteiger partial charge in [0.05, 0.1) is 6.10 Å². The first-order valence-electron chi connectivity index (χ1n) is 12.1. The van der Waals surface area contributed by atoms with Crippen molar-refractivity contribution in [3.05, 3.63) is 48.3 Å². The van der Waals surface area contributed by atoms with Gasteiger partial charge in [-0.2, -0.15) is 8.78 Å². The molecule has 186 valence electrons. The van der Waals surface area contributed by atoms with E-state index in [-0.39, 0.29) is 17.6 Å². The van der Waals surface area contributed by atoms with Crippen LogP contribution in [0.15, 0.2) is 48.3 Å². The van der Waals surface area contributed by atoms with Crippen molar-refractivity contribution in [2.24, 2.45) is 11.8 Å². The molecule has 0 aromatic rings. The number of carbonyl (C=O) groups excluding carboxylic acids is 1. The van der Waals surface area contributed by atoms with E-state index in [0.717, 1.165) is 18.9 Å². The maximum Gasteiger partial charge on any atom is 0.299 e. The van der Waals surface area contributed by atoms with Crippen LogP contribution in [0.3, 0.4) is 0 Å². The van der Waals surface area contributed by atoms with Crippen LogP contribution in [-0.2, 0) is 9.53 Å². The topological polar surface area (TPSA) is 46.5 Å². The number of rotatable bonds is 12. The summed E-state index contributed by atoms with van der Waals surface area (Å²) < 4.78 is 33.4. The van der Waals surface area contributed by atoms with Gasteiger partial charge in [0.2, 0.25) is 0 Å². The average Bonchev–Trinajstić information content (AvgIpc) is 3.14. The minimum absolute atomic E-state index is 0.0499. The number of unbranched alkanes of at least 4 members (excludes halogenated alkanes) is 1. The van der Waals surface area contributed by atoms with E-state index >= 15 is 0 Å². The molecule has 1 aliphatic rings. The fraction of sp³-hybridized carbons (Fsp3) is 0.667. The highest BCUT2D eigenvalue weighted by molar-refractivity contribution is 5.75. The van der Waals surface area contributed by atoms with Gasteiger partial charge in [0.1, 0.15) is 11.5 Å². The summed E-state index contributed by atoms with van der Waals surface area (Å²) in [6.45, 7) is 12.4. The molecule has 32 heavy (non-hydrogen) atoms. The van der Waals surface area contributed by atoms with Crippen molar-refractivity contribution >= 4 is 5.78 Å². The molecule has 0 radical (unpaired) electrons. The maximum absolute atomic E-state index is 14.1. The summed E-state index contributed by atoms with van der Waals surface area (Å²) in [5.41, 5.74) is 0. The maximum atomic E-state index is 14.1. The van der Waals surface area contributed by atoms with Crippen LogP contribution in [0.1, 0.15) is 87.0 Å². The molecule has 0 amide bonds. The average molecular weight is 457 g/mol. The van der Waals surface area contributed by atoms with Gasteiger partial charge in [-0.1, -0.05) is 52.0 Å². The molecule has 0 spiro atoms. The lowest BCUT2D eigenvalue weighted by atomic mass is 9.90. The van der Waals surface area contributed by atoms with E-state index in [1.807, 2.05) is 39.8 Å². The van der Waals surface area contributed by atoms with Crippen LogP contribution in [0.4, 0.5) is 8.78 Å². The molecule has 1 rings (SSSR count). The lowest BCUT2D eigenvalue weighted by Gasteiger charge is -2.19. The molecule has 0 saturated heterocycles. The third kappa shape index (κ3) is 15.1. The van der Waals surface area contributed by atoms with Gasteiger partial charge in [0.25, 0.3) is 5.92 Å². The molecule has 1 unspecified atom stereocenters. The molecule has 3 nitrogen and oxygen atoms in total. The number of hydrogen-bond donors (Lipinski definition) is 1. The van der Waals surface area contributed by atoms with Crippen molar-refractivity contribution in [1.29, 1.82) is 0 Å². The Morgan fingerprint density at radius 1 is 1.12 bits per heavy atom. The molecule has 1 fully saturated rings. The molecular weight excluding hydrogens is 410 g/mol. The molecule has 0 aliphatic heterocycles. The van der Waals surface area contributed by atoms with Crippen molar-refractivity contribution in [2.75, 3.05) is 6.61 Å². The Morgan fingerprint density at radius 3 is 2.34 bits per heavy atom. The predicted molar refractivity (Wildman–Crippen MR) is 132 cm³/mol. The van der Waals surface area contributed by atoms with Gasteiger partial charge in [-0.25, -0.2) is 0 Å². The summed E-state index contributed by atoms with van der Waals surface area (Å²) in [4.78, 5) is 10.9. The zero-order valence-electron chi connectivity index (χ0n) is 21.2. The summed E-state index contributed by atoms with van der Waals surface area (Å²) in [5, 5.41) is 10.2. The fourth-order valence-corrected chi connectivity index (χ4v) is 3.37. The second-order valence-electron chi connectivity index (χ2n) is 7.37. The Hall–Kier alpha value is -1.75. The van der Waals surface area contributed by atoms with Crippen LogP contribution in [-0.4, -0.2) is 29.5 Å². The van der Waals surface area contributed by atoms with E-state index in [1.165, 1.54) is 0 Å². The van der Waals surface area contributed by atoms with Gasteiger partial charge in [-0.15, -0.1) is 0 Å². The summed E-state index contributed by atoms with van der Waals surface area (Å²) in [7, 11) is 0. The zero-order chi connectivity index (χ0) is 25.0. The van der Waals surface area contributed by atoms with E-state index in [9.17, 15) is 18.7 Å². The highest BCUT2D eigenvalue weighted by atomic mass is 19.3. The lowest BCUT2D eigenvalue weighted by molar-refractivity contribution is -0.117. The van der Waals surface area contributed by atoms with Crippen LogP contribution in [0.25, 0.3) is 0 Å². The minimum atomic E-state index is -3.06. The molecule has 0 aromatic carbocycles. The number of ketones is 1. The van der Waals surface area contributed by atoms with Crippen molar-refractivity contribution in [3.63, 3.8) is 0 Å². The highest BCUT2D eigenvalue weighted by Crippen LogP contribution is 2.36. The van der Waals surface area contributed by atoms with Crippen LogP contribution in [0.5, 0.6) is 0 Å². The summed E-state index contributed by atoms with van der Waals surface area (Å²) >= 11 is 0. The Kier molecular flexibility index (Phi) is 20.2. The van der Waals surface area contributed by atoms with Crippen LogP contribution >= 0.6 is 0 Å². The van der Waals surface area contributed by atoms with E-state index in [1.54, 1.807) is 45.1 Å². The van der Waals surface area contributed by atoms with Crippen LogP contribution in [0.2, 0.25) is 0 Å². The molecule has 0 bridgehead atoms. The van der Waals surface area contributed by atoms with Gasteiger partial charge >= 0.3 is 0 Å². The Labute approximate surface area is 195 Å². The van der Waals surface area contributed by atoms with Gasteiger partial charge in [-0.05, 0) is 82.9 Å². The third-order valence-corrected chi connectivity index (χ3v) is 4.95. The highest BCUT2D eigenvalue weighted by Gasteiger charge is 2.34. The number of alkyl halides is 2. The number of halogens is 2. The number of ether oxygens (including phenoxy) is 1.